The lowest BCUT2D eigenvalue weighted by molar-refractivity contribution is 0.0697. The molecular weight excluding hydrogens is 451 g/mol. The molecule has 0 bridgehead atoms. The Morgan fingerprint density at radius 3 is 2.30 bits per heavy atom. The second-order valence-corrected chi connectivity index (χ2v) is 9.32. The van der Waals surface area contributed by atoms with E-state index >= 15 is 0 Å². The summed E-state index contributed by atoms with van der Waals surface area (Å²) in [7, 11) is -2.19. The van der Waals surface area contributed by atoms with Gasteiger partial charge in [-0.2, -0.15) is 4.31 Å². The molecule has 0 atom stereocenters. The van der Waals surface area contributed by atoms with Crippen molar-refractivity contribution in [3.63, 3.8) is 0 Å². The normalized spacial score (nSPS) is 15.1. The maximum absolute atomic E-state index is 12.9. The van der Waals surface area contributed by atoms with Crippen LogP contribution in [0.25, 0.3) is 0 Å². The minimum atomic E-state index is -3.72. The van der Waals surface area contributed by atoms with Gasteiger partial charge in [0.2, 0.25) is 10.0 Å². The van der Waals surface area contributed by atoms with Crippen molar-refractivity contribution in [2.75, 3.05) is 39.9 Å². The van der Waals surface area contributed by atoms with Gasteiger partial charge in [0.05, 0.1) is 28.7 Å². The third-order valence-corrected chi connectivity index (χ3v) is 7.40. The highest BCUT2D eigenvalue weighted by molar-refractivity contribution is 7.89. The predicted octanol–water partition coefficient (Wildman–Crippen LogP) is 3.55. The van der Waals surface area contributed by atoms with Gasteiger partial charge in [-0.25, -0.2) is 8.42 Å². The van der Waals surface area contributed by atoms with Crippen LogP contribution in [0.4, 0.5) is 0 Å². The molecule has 0 spiro atoms. The fourth-order valence-corrected chi connectivity index (χ4v) is 4.99. The quantitative estimate of drug-likeness (QED) is 0.642. The second kappa shape index (κ2) is 9.43. The van der Waals surface area contributed by atoms with Crippen molar-refractivity contribution in [3.05, 3.63) is 52.0 Å². The molecule has 1 fully saturated rings. The number of amides is 1. The lowest BCUT2D eigenvalue weighted by Gasteiger charge is -2.34. The maximum Gasteiger partial charge on any atom is 0.254 e. The van der Waals surface area contributed by atoms with Crippen molar-refractivity contribution >= 4 is 39.1 Å². The Kier molecular flexibility index (Phi) is 7.13. The minimum absolute atomic E-state index is 0.0770. The number of halogens is 2. The zero-order valence-corrected chi connectivity index (χ0v) is 18.9. The number of methoxy groups -OCH3 is 1. The van der Waals surface area contributed by atoms with Gasteiger partial charge in [-0.1, -0.05) is 23.2 Å². The molecule has 0 N–H and O–H groups in total. The van der Waals surface area contributed by atoms with Gasteiger partial charge < -0.3 is 14.4 Å². The van der Waals surface area contributed by atoms with Gasteiger partial charge in [0.15, 0.2) is 11.5 Å². The molecule has 3 rings (SSSR count). The summed E-state index contributed by atoms with van der Waals surface area (Å²) in [5.74, 6) is 0.850. The van der Waals surface area contributed by atoms with E-state index < -0.39 is 10.0 Å². The number of carbonyl (C=O) groups is 1. The highest BCUT2D eigenvalue weighted by Crippen LogP contribution is 2.29. The number of hydrogen-bond acceptors (Lipinski definition) is 5. The highest BCUT2D eigenvalue weighted by Gasteiger charge is 2.31. The van der Waals surface area contributed by atoms with Gasteiger partial charge in [-0.05, 0) is 43.3 Å². The van der Waals surface area contributed by atoms with E-state index in [0.717, 1.165) is 0 Å². The van der Waals surface area contributed by atoms with Gasteiger partial charge in [-0.3, -0.25) is 4.79 Å². The fourth-order valence-electron chi connectivity index (χ4n) is 3.18. The van der Waals surface area contributed by atoms with Crippen LogP contribution in [0.15, 0.2) is 41.3 Å². The summed E-state index contributed by atoms with van der Waals surface area (Å²) in [6, 6.07) is 9.21. The Labute approximate surface area is 186 Å². The molecular formula is C20H22Cl2N2O5S. The number of nitrogens with zero attached hydrogens (tertiary/aromatic N) is 2. The average molecular weight is 473 g/mol. The number of ether oxygens (including phenoxy) is 2. The van der Waals surface area contributed by atoms with Crippen LogP contribution in [0.1, 0.15) is 17.3 Å². The van der Waals surface area contributed by atoms with E-state index in [1.165, 1.54) is 29.6 Å². The molecule has 2 aromatic carbocycles. The summed E-state index contributed by atoms with van der Waals surface area (Å²) in [6.45, 7) is 3.21. The van der Waals surface area contributed by atoms with Crippen molar-refractivity contribution in [3.8, 4) is 11.5 Å². The summed E-state index contributed by atoms with van der Waals surface area (Å²) >= 11 is 11.8. The Balaban J connectivity index is 1.71. The van der Waals surface area contributed by atoms with E-state index in [0.29, 0.717) is 23.7 Å². The first-order chi connectivity index (χ1) is 14.3. The first-order valence-corrected chi connectivity index (χ1v) is 11.5. The van der Waals surface area contributed by atoms with Crippen LogP contribution < -0.4 is 9.47 Å². The van der Waals surface area contributed by atoms with E-state index in [1.807, 2.05) is 6.92 Å². The zero-order valence-electron chi connectivity index (χ0n) is 16.6. The SMILES string of the molecule is CCOc1cc(C(=O)N2CCN(S(=O)(=O)c3ccc(Cl)c(Cl)c3)CC2)ccc1OC. The van der Waals surface area contributed by atoms with E-state index in [2.05, 4.69) is 0 Å². The molecule has 1 aliphatic heterocycles. The Hall–Kier alpha value is -2.00. The number of carbonyl (C=O) groups excluding carboxylic acids is 1. The largest absolute Gasteiger partial charge is 0.493 e. The van der Waals surface area contributed by atoms with Crippen LogP contribution in [-0.2, 0) is 10.0 Å². The van der Waals surface area contributed by atoms with Crippen LogP contribution in [0, 0.1) is 0 Å². The first kappa shape index (κ1) is 22.7. The molecule has 0 unspecified atom stereocenters. The monoisotopic (exact) mass is 472 g/mol. The smallest absolute Gasteiger partial charge is 0.254 e. The average Bonchev–Trinajstić information content (AvgIpc) is 2.75. The van der Waals surface area contributed by atoms with Crippen LogP contribution in [0.2, 0.25) is 10.0 Å². The number of piperazine rings is 1. The van der Waals surface area contributed by atoms with Gasteiger partial charge in [0.25, 0.3) is 5.91 Å². The van der Waals surface area contributed by atoms with Crippen LogP contribution >= 0.6 is 23.2 Å². The molecule has 2 aromatic rings. The van der Waals surface area contributed by atoms with Crippen molar-refractivity contribution in [1.29, 1.82) is 0 Å². The fraction of sp³-hybridized carbons (Fsp3) is 0.350. The van der Waals surface area contributed by atoms with E-state index in [9.17, 15) is 13.2 Å². The van der Waals surface area contributed by atoms with Crippen molar-refractivity contribution in [2.45, 2.75) is 11.8 Å². The Bertz CT molecular complexity index is 1040. The second-order valence-electron chi connectivity index (χ2n) is 6.57. The summed E-state index contributed by atoms with van der Waals surface area (Å²) < 4.78 is 37.9. The number of benzene rings is 2. The molecule has 30 heavy (non-hydrogen) atoms. The van der Waals surface area contributed by atoms with Crippen LogP contribution in [0.5, 0.6) is 11.5 Å². The molecule has 162 valence electrons. The summed E-state index contributed by atoms with van der Waals surface area (Å²) in [5, 5.41) is 0.466. The van der Waals surface area contributed by atoms with Crippen LogP contribution in [0.3, 0.4) is 0 Å². The number of rotatable bonds is 6. The molecule has 0 aliphatic carbocycles. The zero-order chi connectivity index (χ0) is 21.9. The molecule has 0 aromatic heterocycles. The molecule has 7 nitrogen and oxygen atoms in total. The van der Waals surface area contributed by atoms with Crippen molar-refractivity contribution in [2.24, 2.45) is 0 Å². The molecule has 0 saturated carbocycles. The van der Waals surface area contributed by atoms with Gasteiger partial charge in [0, 0.05) is 31.7 Å². The standard InChI is InChI=1S/C20H22Cl2N2O5S/c1-3-29-19-12-14(4-7-18(19)28-2)20(25)23-8-10-24(11-9-23)30(26,27)15-5-6-16(21)17(22)13-15/h4-7,12-13H,3,8-11H2,1-2H3. The van der Waals surface area contributed by atoms with E-state index in [4.69, 9.17) is 32.7 Å². The lowest BCUT2D eigenvalue weighted by Crippen LogP contribution is -2.50. The summed E-state index contributed by atoms with van der Waals surface area (Å²) in [6.07, 6.45) is 0. The maximum atomic E-state index is 12.9. The molecule has 1 saturated heterocycles. The third kappa shape index (κ3) is 4.67. The van der Waals surface area contributed by atoms with Gasteiger partial charge in [0.1, 0.15) is 0 Å². The lowest BCUT2D eigenvalue weighted by atomic mass is 10.1. The third-order valence-electron chi connectivity index (χ3n) is 4.77. The summed E-state index contributed by atoms with van der Waals surface area (Å²) in [5.41, 5.74) is 0.458. The minimum Gasteiger partial charge on any atom is -0.493 e. The van der Waals surface area contributed by atoms with Crippen LogP contribution in [-0.4, -0.2) is 63.4 Å². The Morgan fingerprint density at radius 1 is 1.00 bits per heavy atom. The van der Waals surface area contributed by atoms with Gasteiger partial charge in [-0.15, -0.1) is 0 Å². The first-order valence-electron chi connectivity index (χ1n) is 9.33. The molecule has 1 heterocycles. The molecule has 1 amide bonds. The van der Waals surface area contributed by atoms with Crippen molar-refractivity contribution in [1.82, 2.24) is 9.21 Å². The topological polar surface area (TPSA) is 76.2 Å². The van der Waals surface area contributed by atoms with E-state index in [1.54, 1.807) is 23.1 Å². The van der Waals surface area contributed by atoms with Crippen molar-refractivity contribution < 1.29 is 22.7 Å². The highest BCUT2D eigenvalue weighted by atomic mass is 35.5. The van der Waals surface area contributed by atoms with Gasteiger partial charge >= 0.3 is 0 Å². The summed E-state index contributed by atoms with van der Waals surface area (Å²) in [4.78, 5) is 14.6. The Morgan fingerprint density at radius 2 is 1.70 bits per heavy atom. The molecule has 1 aliphatic rings. The van der Waals surface area contributed by atoms with E-state index in [-0.39, 0.29) is 47.0 Å². The predicted molar refractivity (Wildman–Crippen MR) is 115 cm³/mol. The number of sulfonamides is 1. The number of hydrogen-bond donors (Lipinski definition) is 0. The molecule has 10 heteroatoms. The molecule has 0 radical (unpaired) electrons.